The van der Waals surface area contributed by atoms with Crippen LogP contribution in [0.4, 0.5) is 0 Å². The van der Waals surface area contributed by atoms with Crippen molar-refractivity contribution in [3.05, 3.63) is 70.3 Å². The first-order chi connectivity index (χ1) is 14.3. The third-order valence-electron chi connectivity index (χ3n) is 4.91. The molecule has 1 fully saturated rings. The zero-order chi connectivity index (χ0) is 21.3. The Bertz CT molecular complexity index is 1170. The number of nitrogens with one attached hydrogen (secondary N) is 1. The molecule has 3 aromatic rings. The van der Waals surface area contributed by atoms with E-state index < -0.39 is 10.0 Å². The lowest BCUT2D eigenvalue weighted by Crippen LogP contribution is -2.50. The largest absolute Gasteiger partial charge is 0.335 e. The summed E-state index contributed by atoms with van der Waals surface area (Å²) in [7, 11) is -3.62. The fourth-order valence-electron chi connectivity index (χ4n) is 3.28. The van der Waals surface area contributed by atoms with Gasteiger partial charge in [-0.05, 0) is 42.5 Å². The van der Waals surface area contributed by atoms with Crippen LogP contribution >= 0.6 is 23.2 Å². The van der Waals surface area contributed by atoms with Crippen LogP contribution in [-0.2, 0) is 10.0 Å². The molecule has 1 aliphatic heterocycles. The molecule has 1 aliphatic rings. The number of carbonyl (C=O) groups is 1. The number of rotatable bonds is 4. The van der Waals surface area contributed by atoms with Gasteiger partial charge in [-0.1, -0.05) is 35.3 Å². The number of benzene rings is 2. The van der Waals surface area contributed by atoms with E-state index in [0.29, 0.717) is 21.4 Å². The second-order valence-corrected chi connectivity index (χ2v) is 9.64. The molecular formula is C20H18Cl2N4O3S. The average molecular weight is 465 g/mol. The number of amides is 1. The lowest BCUT2D eigenvalue weighted by atomic mass is 10.1. The summed E-state index contributed by atoms with van der Waals surface area (Å²) in [5.41, 5.74) is 1.76. The first-order valence-electron chi connectivity index (χ1n) is 9.21. The maximum absolute atomic E-state index is 12.8. The Hall–Kier alpha value is -2.39. The zero-order valence-corrected chi connectivity index (χ0v) is 18.1. The van der Waals surface area contributed by atoms with Crippen molar-refractivity contribution in [1.82, 2.24) is 19.4 Å². The normalized spacial score (nSPS) is 15.3. The van der Waals surface area contributed by atoms with Crippen LogP contribution in [0.2, 0.25) is 10.0 Å². The van der Waals surface area contributed by atoms with Gasteiger partial charge in [-0.15, -0.1) is 0 Å². The number of piperazine rings is 1. The predicted octanol–water partition coefficient (Wildman–Crippen LogP) is 3.53. The highest BCUT2D eigenvalue weighted by molar-refractivity contribution is 7.89. The van der Waals surface area contributed by atoms with Gasteiger partial charge in [-0.2, -0.15) is 9.40 Å². The third kappa shape index (κ3) is 4.22. The van der Waals surface area contributed by atoms with Gasteiger partial charge in [-0.25, -0.2) is 8.42 Å². The molecule has 30 heavy (non-hydrogen) atoms. The minimum Gasteiger partial charge on any atom is -0.335 e. The number of hydrogen-bond acceptors (Lipinski definition) is 4. The van der Waals surface area contributed by atoms with Crippen molar-refractivity contribution in [2.45, 2.75) is 4.90 Å². The number of H-pyrrole nitrogens is 1. The molecule has 2 heterocycles. The van der Waals surface area contributed by atoms with Crippen LogP contribution in [0.3, 0.4) is 0 Å². The van der Waals surface area contributed by atoms with Crippen molar-refractivity contribution < 1.29 is 13.2 Å². The summed E-state index contributed by atoms with van der Waals surface area (Å²) < 4.78 is 26.9. The van der Waals surface area contributed by atoms with Crippen molar-refractivity contribution in [2.75, 3.05) is 26.2 Å². The minimum absolute atomic E-state index is 0.186. The summed E-state index contributed by atoms with van der Waals surface area (Å²) in [4.78, 5) is 14.6. The Labute approximate surface area is 184 Å². The molecule has 156 valence electrons. The second-order valence-electron chi connectivity index (χ2n) is 6.83. The molecule has 0 aliphatic carbocycles. The van der Waals surface area contributed by atoms with Crippen molar-refractivity contribution in [1.29, 1.82) is 0 Å². The van der Waals surface area contributed by atoms with E-state index in [0.717, 1.165) is 5.56 Å². The number of carbonyl (C=O) groups excluding carboxylic acids is 1. The third-order valence-corrected chi connectivity index (χ3v) is 7.31. The number of aromatic amines is 1. The lowest BCUT2D eigenvalue weighted by molar-refractivity contribution is 0.0692. The summed E-state index contributed by atoms with van der Waals surface area (Å²) >= 11 is 11.9. The zero-order valence-electron chi connectivity index (χ0n) is 15.8. The Morgan fingerprint density at radius 2 is 1.63 bits per heavy atom. The molecule has 0 radical (unpaired) electrons. The van der Waals surface area contributed by atoms with Gasteiger partial charge in [-0.3, -0.25) is 9.89 Å². The molecule has 0 atom stereocenters. The van der Waals surface area contributed by atoms with Crippen molar-refractivity contribution in [2.24, 2.45) is 0 Å². The fourth-order valence-corrected chi connectivity index (χ4v) is 5.02. The van der Waals surface area contributed by atoms with Gasteiger partial charge in [0.05, 0.1) is 10.6 Å². The van der Waals surface area contributed by atoms with Crippen molar-refractivity contribution in [3.63, 3.8) is 0 Å². The van der Waals surface area contributed by atoms with Gasteiger partial charge in [0.25, 0.3) is 5.91 Å². The van der Waals surface area contributed by atoms with Crippen molar-refractivity contribution >= 4 is 39.1 Å². The second kappa shape index (κ2) is 8.39. The molecule has 1 N–H and O–H groups in total. The Kier molecular flexibility index (Phi) is 5.84. The van der Waals surface area contributed by atoms with E-state index in [9.17, 15) is 13.2 Å². The Balaban J connectivity index is 1.43. The molecule has 10 heteroatoms. The van der Waals surface area contributed by atoms with Crippen LogP contribution in [0, 0.1) is 0 Å². The summed E-state index contributed by atoms with van der Waals surface area (Å²) in [5.74, 6) is -0.223. The molecule has 1 saturated heterocycles. The summed E-state index contributed by atoms with van der Waals surface area (Å²) in [6.45, 7) is 1.01. The molecular weight excluding hydrogens is 447 g/mol. The van der Waals surface area contributed by atoms with Crippen LogP contribution < -0.4 is 0 Å². The van der Waals surface area contributed by atoms with E-state index in [1.54, 1.807) is 35.2 Å². The van der Waals surface area contributed by atoms with E-state index in [1.807, 2.05) is 12.1 Å². The summed E-state index contributed by atoms with van der Waals surface area (Å²) in [6.07, 6.45) is 0. The number of sulfonamides is 1. The Morgan fingerprint density at radius 1 is 0.933 bits per heavy atom. The predicted molar refractivity (Wildman–Crippen MR) is 115 cm³/mol. The van der Waals surface area contributed by atoms with Crippen LogP contribution in [0.15, 0.2) is 59.5 Å². The smallest absolute Gasteiger partial charge is 0.271 e. The van der Waals surface area contributed by atoms with E-state index in [2.05, 4.69) is 10.2 Å². The summed E-state index contributed by atoms with van der Waals surface area (Å²) in [5, 5.41) is 8.02. The highest BCUT2D eigenvalue weighted by Gasteiger charge is 2.31. The topological polar surface area (TPSA) is 86.4 Å². The monoisotopic (exact) mass is 464 g/mol. The molecule has 0 saturated carbocycles. The van der Waals surface area contributed by atoms with E-state index in [1.165, 1.54) is 16.4 Å². The minimum atomic E-state index is -3.62. The quantitative estimate of drug-likeness (QED) is 0.639. The van der Waals surface area contributed by atoms with Gasteiger partial charge in [0, 0.05) is 41.8 Å². The highest BCUT2D eigenvalue weighted by atomic mass is 35.5. The van der Waals surface area contributed by atoms with Gasteiger partial charge < -0.3 is 4.90 Å². The van der Waals surface area contributed by atoms with Gasteiger partial charge >= 0.3 is 0 Å². The molecule has 0 bridgehead atoms. The van der Waals surface area contributed by atoms with E-state index >= 15 is 0 Å². The van der Waals surface area contributed by atoms with Crippen LogP contribution in [0.5, 0.6) is 0 Å². The summed E-state index contributed by atoms with van der Waals surface area (Å²) in [6, 6.07) is 14.9. The lowest BCUT2D eigenvalue weighted by Gasteiger charge is -2.33. The maximum atomic E-state index is 12.8. The van der Waals surface area contributed by atoms with E-state index in [4.69, 9.17) is 23.2 Å². The molecule has 0 spiro atoms. The SMILES string of the molecule is O=C(c1cc(-c2cccc(Cl)c2)n[nH]1)N1CCN(S(=O)(=O)c2ccc(Cl)cc2)CC1. The van der Waals surface area contributed by atoms with E-state index in [-0.39, 0.29) is 37.0 Å². The molecule has 7 nitrogen and oxygen atoms in total. The average Bonchev–Trinajstić information content (AvgIpc) is 3.24. The van der Waals surface area contributed by atoms with Gasteiger partial charge in [0.1, 0.15) is 5.69 Å². The molecule has 4 rings (SSSR count). The van der Waals surface area contributed by atoms with Crippen LogP contribution in [0.1, 0.15) is 10.5 Å². The van der Waals surface area contributed by atoms with Crippen LogP contribution in [0.25, 0.3) is 11.3 Å². The first kappa shape index (κ1) is 20.9. The number of hydrogen-bond donors (Lipinski definition) is 1. The Morgan fingerprint density at radius 3 is 2.30 bits per heavy atom. The standard InChI is InChI=1S/C20H18Cl2N4O3S/c21-15-4-6-17(7-5-15)30(28,29)26-10-8-25(9-11-26)20(27)19-13-18(23-24-19)14-2-1-3-16(22)12-14/h1-7,12-13H,8-11H2,(H,23,24). The maximum Gasteiger partial charge on any atom is 0.271 e. The molecule has 1 aromatic heterocycles. The van der Waals surface area contributed by atoms with Crippen LogP contribution in [-0.4, -0.2) is 59.9 Å². The molecule has 0 unspecified atom stereocenters. The number of halogens is 2. The fraction of sp³-hybridized carbons (Fsp3) is 0.200. The number of nitrogens with zero attached hydrogens (tertiary/aromatic N) is 3. The van der Waals surface area contributed by atoms with Gasteiger partial charge in [0.15, 0.2) is 0 Å². The van der Waals surface area contributed by atoms with Gasteiger partial charge in [0.2, 0.25) is 10.0 Å². The molecule has 1 amide bonds. The first-order valence-corrected chi connectivity index (χ1v) is 11.4. The van der Waals surface area contributed by atoms with Crippen molar-refractivity contribution in [3.8, 4) is 11.3 Å². The molecule has 2 aromatic carbocycles. The highest BCUT2D eigenvalue weighted by Crippen LogP contribution is 2.23. The number of aromatic nitrogens is 2.